The van der Waals surface area contributed by atoms with Crippen molar-refractivity contribution in [3.8, 4) is 0 Å². The van der Waals surface area contributed by atoms with Crippen LogP contribution < -0.4 is 0 Å². The highest BCUT2D eigenvalue weighted by atomic mass is 19.1. The summed E-state index contributed by atoms with van der Waals surface area (Å²) < 4.78 is 13.1. The van der Waals surface area contributed by atoms with Crippen molar-refractivity contribution in [3.05, 3.63) is 0 Å². The minimum absolute atomic E-state index is 0.562. The van der Waals surface area contributed by atoms with E-state index in [0.717, 1.165) is 13.0 Å². The molecule has 0 radical (unpaired) electrons. The third kappa shape index (κ3) is 2.70. The van der Waals surface area contributed by atoms with Gasteiger partial charge in [-0.15, -0.1) is 0 Å². The van der Waals surface area contributed by atoms with E-state index in [1.54, 1.807) is 0 Å². The summed E-state index contributed by atoms with van der Waals surface area (Å²) in [5.41, 5.74) is 0. The zero-order valence-corrected chi connectivity index (χ0v) is 9.95. The highest BCUT2D eigenvalue weighted by Crippen LogP contribution is 2.23. The molecule has 0 aromatic carbocycles. The van der Waals surface area contributed by atoms with Crippen LogP contribution in [0.15, 0.2) is 0 Å². The van der Waals surface area contributed by atoms with Gasteiger partial charge in [0.1, 0.15) is 6.17 Å². The van der Waals surface area contributed by atoms with Crippen molar-refractivity contribution in [2.45, 2.75) is 51.4 Å². The van der Waals surface area contributed by atoms with Crippen molar-refractivity contribution in [1.29, 1.82) is 0 Å². The standard InChI is InChI=1S/C12H23FN2/c1-10(2)14-7-4-12(5-8-14)15-6-3-11(13)9-15/h10-12H,3-9H2,1-2H3/t11-/m1/s1. The number of rotatable bonds is 2. The lowest BCUT2D eigenvalue weighted by Crippen LogP contribution is -2.46. The van der Waals surface area contributed by atoms with Gasteiger partial charge in [-0.2, -0.15) is 0 Å². The van der Waals surface area contributed by atoms with Gasteiger partial charge in [0, 0.05) is 25.2 Å². The summed E-state index contributed by atoms with van der Waals surface area (Å²) in [6, 6.07) is 1.32. The first-order valence-electron chi connectivity index (χ1n) is 6.29. The predicted molar refractivity (Wildman–Crippen MR) is 60.8 cm³/mol. The SMILES string of the molecule is CC(C)N1CCC(N2CC[C@@H](F)C2)CC1. The Labute approximate surface area is 92.4 Å². The molecule has 2 aliphatic rings. The summed E-state index contributed by atoms with van der Waals surface area (Å²) in [6.45, 7) is 8.56. The molecule has 2 fully saturated rings. The molecule has 0 amide bonds. The molecule has 0 N–H and O–H groups in total. The Bertz CT molecular complexity index is 200. The maximum absolute atomic E-state index is 13.1. The van der Waals surface area contributed by atoms with Crippen LogP contribution in [0.1, 0.15) is 33.1 Å². The van der Waals surface area contributed by atoms with Crippen LogP contribution in [-0.4, -0.2) is 54.2 Å². The molecule has 2 nitrogen and oxygen atoms in total. The highest BCUT2D eigenvalue weighted by Gasteiger charge is 2.30. The van der Waals surface area contributed by atoms with Crippen molar-refractivity contribution >= 4 is 0 Å². The van der Waals surface area contributed by atoms with Gasteiger partial charge in [-0.05, 0) is 46.2 Å². The lowest BCUT2D eigenvalue weighted by molar-refractivity contribution is 0.103. The molecule has 2 heterocycles. The quantitative estimate of drug-likeness (QED) is 0.693. The van der Waals surface area contributed by atoms with E-state index in [1.165, 1.54) is 25.9 Å². The van der Waals surface area contributed by atoms with E-state index in [-0.39, 0.29) is 0 Å². The number of nitrogens with zero attached hydrogens (tertiary/aromatic N) is 2. The summed E-state index contributed by atoms with van der Waals surface area (Å²) >= 11 is 0. The van der Waals surface area contributed by atoms with Crippen LogP contribution >= 0.6 is 0 Å². The van der Waals surface area contributed by atoms with Crippen molar-refractivity contribution in [2.24, 2.45) is 0 Å². The summed E-state index contributed by atoms with van der Waals surface area (Å²) in [5.74, 6) is 0. The Kier molecular flexibility index (Phi) is 3.62. The zero-order chi connectivity index (χ0) is 10.8. The van der Waals surface area contributed by atoms with Gasteiger partial charge < -0.3 is 4.90 Å². The Morgan fingerprint density at radius 3 is 2.20 bits per heavy atom. The molecule has 2 aliphatic heterocycles. The zero-order valence-electron chi connectivity index (χ0n) is 9.95. The van der Waals surface area contributed by atoms with Crippen LogP contribution in [0.4, 0.5) is 4.39 Å². The normalized spacial score (nSPS) is 31.6. The summed E-state index contributed by atoms with van der Waals surface area (Å²) in [7, 11) is 0. The minimum atomic E-state index is -0.562. The summed E-state index contributed by atoms with van der Waals surface area (Å²) in [6.07, 6.45) is 2.65. The van der Waals surface area contributed by atoms with E-state index >= 15 is 0 Å². The van der Waals surface area contributed by atoms with Crippen LogP contribution in [-0.2, 0) is 0 Å². The minimum Gasteiger partial charge on any atom is -0.301 e. The van der Waals surface area contributed by atoms with Gasteiger partial charge in [-0.3, -0.25) is 4.90 Å². The van der Waals surface area contributed by atoms with Crippen molar-refractivity contribution in [1.82, 2.24) is 9.80 Å². The molecule has 0 aromatic rings. The number of halogens is 1. The smallest absolute Gasteiger partial charge is 0.114 e. The number of piperidine rings is 1. The first-order chi connectivity index (χ1) is 7.16. The average Bonchev–Trinajstić information content (AvgIpc) is 2.65. The molecule has 2 rings (SSSR count). The van der Waals surface area contributed by atoms with E-state index in [0.29, 0.717) is 18.6 Å². The maximum atomic E-state index is 13.1. The van der Waals surface area contributed by atoms with Gasteiger partial charge in [0.25, 0.3) is 0 Å². The predicted octanol–water partition coefficient (Wildman–Crippen LogP) is 1.90. The fourth-order valence-corrected chi connectivity index (χ4v) is 2.84. The fourth-order valence-electron chi connectivity index (χ4n) is 2.84. The maximum Gasteiger partial charge on any atom is 0.114 e. The first kappa shape index (κ1) is 11.3. The highest BCUT2D eigenvalue weighted by molar-refractivity contribution is 4.85. The third-order valence-corrected chi connectivity index (χ3v) is 3.91. The molecule has 0 spiro atoms. The Morgan fingerprint density at radius 2 is 1.73 bits per heavy atom. The number of likely N-dealkylation sites (tertiary alicyclic amines) is 2. The fraction of sp³-hybridized carbons (Fsp3) is 1.00. The van der Waals surface area contributed by atoms with Crippen LogP contribution in [0.25, 0.3) is 0 Å². The Balaban J connectivity index is 1.78. The van der Waals surface area contributed by atoms with E-state index < -0.39 is 6.17 Å². The molecule has 2 saturated heterocycles. The molecule has 88 valence electrons. The average molecular weight is 214 g/mol. The van der Waals surface area contributed by atoms with Crippen LogP contribution in [0.5, 0.6) is 0 Å². The molecular weight excluding hydrogens is 191 g/mol. The molecule has 0 aromatic heterocycles. The van der Waals surface area contributed by atoms with E-state index in [4.69, 9.17) is 0 Å². The number of hydrogen-bond acceptors (Lipinski definition) is 2. The number of alkyl halides is 1. The molecule has 0 unspecified atom stereocenters. The Morgan fingerprint density at radius 1 is 1.07 bits per heavy atom. The van der Waals surface area contributed by atoms with E-state index in [1.807, 2.05) is 0 Å². The monoisotopic (exact) mass is 214 g/mol. The molecule has 0 saturated carbocycles. The first-order valence-corrected chi connectivity index (χ1v) is 6.29. The molecular formula is C12H23FN2. The second kappa shape index (κ2) is 4.79. The molecule has 3 heteroatoms. The van der Waals surface area contributed by atoms with Crippen molar-refractivity contribution < 1.29 is 4.39 Å². The molecule has 1 atom stereocenters. The van der Waals surface area contributed by atoms with Crippen LogP contribution in [0, 0.1) is 0 Å². The van der Waals surface area contributed by atoms with Crippen LogP contribution in [0.3, 0.4) is 0 Å². The third-order valence-electron chi connectivity index (χ3n) is 3.91. The van der Waals surface area contributed by atoms with Gasteiger partial charge in [0.2, 0.25) is 0 Å². The van der Waals surface area contributed by atoms with Gasteiger partial charge in [-0.25, -0.2) is 4.39 Å². The summed E-state index contributed by atoms with van der Waals surface area (Å²) in [5, 5.41) is 0. The lowest BCUT2D eigenvalue weighted by atomic mass is 10.0. The second-order valence-electron chi connectivity index (χ2n) is 5.24. The molecule has 15 heavy (non-hydrogen) atoms. The van der Waals surface area contributed by atoms with E-state index in [2.05, 4.69) is 23.6 Å². The summed E-state index contributed by atoms with van der Waals surface area (Å²) in [4.78, 5) is 4.89. The van der Waals surface area contributed by atoms with Gasteiger partial charge in [0.15, 0.2) is 0 Å². The van der Waals surface area contributed by atoms with Gasteiger partial charge in [0.05, 0.1) is 0 Å². The number of hydrogen-bond donors (Lipinski definition) is 0. The van der Waals surface area contributed by atoms with Gasteiger partial charge in [-0.1, -0.05) is 0 Å². The topological polar surface area (TPSA) is 6.48 Å². The van der Waals surface area contributed by atoms with E-state index in [9.17, 15) is 4.39 Å². The van der Waals surface area contributed by atoms with Crippen LogP contribution in [0.2, 0.25) is 0 Å². The lowest BCUT2D eigenvalue weighted by Gasteiger charge is -2.38. The van der Waals surface area contributed by atoms with Gasteiger partial charge >= 0.3 is 0 Å². The molecule has 0 aliphatic carbocycles. The molecule has 0 bridgehead atoms. The second-order valence-corrected chi connectivity index (χ2v) is 5.24. The van der Waals surface area contributed by atoms with Crippen molar-refractivity contribution in [3.63, 3.8) is 0 Å². The van der Waals surface area contributed by atoms with Crippen molar-refractivity contribution in [2.75, 3.05) is 26.2 Å². The Hall–Kier alpha value is -0.150. The largest absolute Gasteiger partial charge is 0.301 e.